The summed E-state index contributed by atoms with van der Waals surface area (Å²) in [5, 5.41) is 0. The number of rotatable bonds is 6. The van der Waals surface area contributed by atoms with Crippen LogP contribution in [0.15, 0.2) is 24.3 Å². The molecule has 2 heteroatoms. The van der Waals surface area contributed by atoms with Crippen molar-refractivity contribution < 1.29 is 0 Å². The van der Waals surface area contributed by atoms with Crippen LogP contribution in [0.2, 0.25) is 0 Å². The molecule has 1 aliphatic rings. The highest BCUT2D eigenvalue weighted by molar-refractivity contribution is 5.48. The zero-order chi connectivity index (χ0) is 14.4. The van der Waals surface area contributed by atoms with Gasteiger partial charge >= 0.3 is 0 Å². The van der Waals surface area contributed by atoms with Crippen molar-refractivity contribution in [2.24, 2.45) is 11.7 Å². The summed E-state index contributed by atoms with van der Waals surface area (Å²) in [6.07, 6.45) is 8.33. The Balaban J connectivity index is 2.04. The molecule has 0 radical (unpaired) electrons. The largest absolute Gasteiger partial charge is 0.368 e. The predicted octanol–water partition coefficient (Wildman–Crippen LogP) is 4.12. The van der Waals surface area contributed by atoms with E-state index in [-0.39, 0.29) is 0 Å². The third kappa shape index (κ3) is 3.99. The van der Waals surface area contributed by atoms with E-state index in [1.165, 1.54) is 49.8 Å². The molecule has 2 N–H and O–H groups in total. The highest BCUT2D eigenvalue weighted by Crippen LogP contribution is 2.29. The van der Waals surface area contributed by atoms with Crippen molar-refractivity contribution in [3.63, 3.8) is 0 Å². The van der Waals surface area contributed by atoms with E-state index in [9.17, 15) is 0 Å². The quantitative estimate of drug-likeness (QED) is 0.845. The lowest BCUT2D eigenvalue weighted by Gasteiger charge is -2.35. The topological polar surface area (TPSA) is 29.3 Å². The van der Waals surface area contributed by atoms with Gasteiger partial charge in [0, 0.05) is 24.8 Å². The van der Waals surface area contributed by atoms with Gasteiger partial charge in [0.1, 0.15) is 0 Å². The Morgan fingerprint density at radius 1 is 1.15 bits per heavy atom. The van der Waals surface area contributed by atoms with Gasteiger partial charge in [-0.15, -0.1) is 0 Å². The summed E-state index contributed by atoms with van der Waals surface area (Å²) in [6, 6.07) is 9.37. The van der Waals surface area contributed by atoms with Gasteiger partial charge in [-0.1, -0.05) is 49.8 Å². The summed E-state index contributed by atoms with van der Waals surface area (Å²) in [7, 11) is 0. The monoisotopic (exact) mass is 274 g/mol. The zero-order valence-corrected chi connectivity index (χ0v) is 13.1. The minimum Gasteiger partial charge on any atom is -0.368 e. The molecule has 0 amide bonds. The van der Waals surface area contributed by atoms with E-state index < -0.39 is 0 Å². The lowest BCUT2D eigenvalue weighted by Crippen LogP contribution is -2.42. The van der Waals surface area contributed by atoms with E-state index in [2.05, 4.69) is 43.0 Å². The van der Waals surface area contributed by atoms with Crippen LogP contribution < -0.4 is 10.6 Å². The number of nitrogens with zero attached hydrogens (tertiary/aromatic N) is 1. The minimum atomic E-state index is 0.491. The minimum absolute atomic E-state index is 0.491. The Labute approximate surface area is 124 Å². The first-order chi connectivity index (χ1) is 9.74. The Morgan fingerprint density at radius 3 is 2.35 bits per heavy atom. The Bertz CT molecular complexity index is 379. The van der Waals surface area contributed by atoms with Crippen molar-refractivity contribution in [2.45, 2.75) is 58.4 Å². The summed E-state index contributed by atoms with van der Waals surface area (Å²) >= 11 is 0. The third-order valence-corrected chi connectivity index (χ3v) is 4.75. The molecule has 0 aromatic heterocycles. The maximum absolute atomic E-state index is 6.09. The van der Waals surface area contributed by atoms with Gasteiger partial charge in [0.25, 0.3) is 0 Å². The number of likely N-dealkylation sites (N-methyl/N-ethyl adjacent to an activating group) is 1. The highest BCUT2D eigenvalue weighted by atomic mass is 15.2. The fourth-order valence-electron chi connectivity index (χ4n) is 3.55. The number of nitrogens with two attached hydrogens (primary N) is 1. The van der Waals surface area contributed by atoms with Gasteiger partial charge in [-0.2, -0.15) is 0 Å². The molecule has 112 valence electrons. The molecule has 1 aromatic carbocycles. The SMILES string of the molecule is CCN(c1ccc(C)cc1)C(CN)CC1CCCCC1. The summed E-state index contributed by atoms with van der Waals surface area (Å²) in [5.41, 5.74) is 8.74. The van der Waals surface area contributed by atoms with Gasteiger partial charge in [0.2, 0.25) is 0 Å². The molecule has 1 saturated carbocycles. The molecule has 1 fully saturated rings. The van der Waals surface area contributed by atoms with E-state index in [1.807, 2.05) is 0 Å². The first-order valence-corrected chi connectivity index (χ1v) is 8.28. The summed E-state index contributed by atoms with van der Waals surface area (Å²) in [5.74, 6) is 0.886. The van der Waals surface area contributed by atoms with Crippen LogP contribution in [-0.4, -0.2) is 19.1 Å². The van der Waals surface area contributed by atoms with Gasteiger partial charge < -0.3 is 10.6 Å². The molecule has 20 heavy (non-hydrogen) atoms. The normalized spacial score (nSPS) is 17.9. The van der Waals surface area contributed by atoms with Crippen LogP contribution in [0.5, 0.6) is 0 Å². The lowest BCUT2D eigenvalue weighted by molar-refractivity contribution is 0.314. The molecule has 0 spiro atoms. The molecule has 1 atom stereocenters. The van der Waals surface area contributed by atoms with Crippen molar-refractivity contribution in [2.75, 3.05) is 18.0 Å². The number of aryl methyl sites for hydroxylation is 1. The molecule has 1 aromatic rings. The number of anilines is 1. The summed E-state index contributed by atoms with van der Waals surface area (Å²) < 4.78 is 0. The van der Waals surface area contributed by atoms with Crippen LogP contribution in [0.1, 0.15) is 51.0 Å². The van der Waals surface area contributed by atoms with Crippen LogP contribution >= 0.6 is 0 Å². The van der Waals surface area contributed by atoms with Gasteiger partial charge in [-0.25, -0.2) is 0 Å². The first-order valence-electron chi connectivity index (χ1n) is 8.28. The van der Waals surface area contributed by atoms with Crippen LogP contribution in [-0.2, 0) is 0 Å². The molecule has 1 unspecified atom stereocenters. The van der Waals surface area contributed by atoms with Crippen LogP contribution in [0.4, 0.5) is 5.69 Å². The maximum atomic E-state index is 6.09. The summed E-state index contributed by atoms with van der Waals surface area (Å²) in [6.45, 7) is 6.18. The molecular weight excluding hydrogens is 244 g/mol. The van der Waals surface area contributed by atoms with Crippen LogP contribution in [0.25, 0.3) is 0 Å². The number of hydrogen-bond donors (Lipinski definition) is 1. The number of benzene rings is 1. The molecule has 0 saturated heterocycles. The molecule has 2 rings (SSSR count). The van der Waals surface area contributed by atoms with Crippen molar-refractivity contribution >= 4 is 5.69 Å². The molecule has 0 aliphatic heterocycles. The maximum Gasteiger partial charge on any atom is 0.0414 e. The molecule has 0 heterocycles. The van der Waals surface area contributed by atoms with E-state index in [0.29, 0.717) is 6.04 Å². The zero-order valence-electron chi connectivity index (χ0n) is 13.1. The highest BCUT2D eigenvalue weighted by Gasteiger charge is 2.22. The van der Waals surface area contributed by atoms with Crippen molar-refractivity contribution in [1.29, 1.82) is 0 Å². The van der Waals surface area contributed by atoms with Crippen molar-refractivity contribution in [3.05, 3.63) is 29.8 Å². The van der Waals surface area contributed by atoms with Gasteiger partial charge in [0.05, 0.1) is 0 Å². The Hall–Kier alpha value is -1.02. The molecule has 2 nitrogen and oxygen atoms in total. The average Bonchev–Trinajstić information content (AvgIpc) is 2.49. The van der Waals surface area contributed by atoms with Crippen LogP contribution in [0, 0.1) is 12.8 Å². The third-order valence-electron chi connectivity index (χ3n) is 4.75. The lowest BCUT2D eigenvalue weighted by atomic mass is 9.84. The predicted molar refractivity (Wildman–Crippen MR) is 88.2 cm³/mol. The number of hydrogen-bond acceptors (Lipinski definition) is 2. The smallest absolute Gasteiger partial charge is 0.0414 e. The standard InChI is InChI=1S/C18H30N2/c1-3-20(17-11-9-15(2)10-12-17)18(14-19)13-16-7-5-4-6-8-16/h9-12,16,18H,3-8,13-14,19H2,1-2H3. The van der Waals surface area contributed by atoms with Gasteiger partial charge in [0.15, 0.2) is 0 Å². The van der Waals surface area contributed by atoms with E-state index in [1.54, 1.807) is 0 Å². The molecule has 0 bridgehead atoms. The van der Waals surface area contributed by atoms with E-state index in [0.717, 1.165) is 19.0 Å². The second-order valence-electron chi connectivity index (χ2n) is 6.25. The Morgan fingerprint density at radius 2 is 1.80 bits per heavy atom. The fourth-order valence-corrected chi connectivity index (χ4v) is 3.55. The Kier molecular flexibility index (Phi) is 5.90. The summed E-state index contributed by atoms with van der Waals surface area (Å²) in [4.78, 5) is 2.49. The average molecular weight is 274 g/mol. The molecular formula is C18H30N2. The van der Waals surface area contributed by atoms with E-state index in [4.69, 9.17) is 5.73 Å². The van der Waals surface area contributed by atoms with Gasteiger partial charge in [-0.05, 0) is 38.3 Å². The first kappa shape index (κ1) is 15.4. The second-order valence-corrected chi connectivity index (χ2v) is 6.25. The second kappa shape index (κ2) is 7.68. The molecule has 1 aliphatic carbocycles. The van der Waals surface area contributed by atoms with Crippen molar-refractivity contribution in [1.82, 2.24) is 0 Å². The van der Waals surface area contributed by atoms with Crippen molar-refractivity contribution in [3.8, 4) is 0 Å². The van der Waals surface area contributed by atoms with Gasteiger partial charge in [-0.3, -0.25) is 0 Å². The van der Waals surface area contributed by atoms with Crippen LogP contribution in [0.3, 0.4) is 0 Å². The van der Waals surface area contributed by atoms with E-state index >= 15 is 0 Å². The fraction of sp³-hybridized carbons (Fsp3) is 0.667.